The van der Waals surface area contributed by atoms with Gasteiger partial charge in [-0.1, -0.05) is 20.8 Å². The average Bonchev–Trinajstić information content (AvgIpc) is 2.63. The van der Waals surface area contributed by atoms with Crippen LogP contribution in [0.15, 0.2) is 0 Å². The fourth-order valence-corrected chi connectivity index (χ4v) is 4.25. The van der Waals surface area contributed by atoms with Crippen LogP contribution in [0.5, 0.6) is 0 Å². The number of carboxylic acids is 1. The fraction of sp³-hybridized carbons (Fsp3) is 0.846. The lowest BCUT2D eigenvalue weighted by molar-refractivity contribution is -0.138. The maximum atomic E-state index is 12.4. The molecule has 1 heterocycles. The topological polar surface area (TPSA) is 95.0 Å². The van der Waals surface area contributed by atoms with Crippen LogP contribution in [0, 0.1) is 5.41 Å². The summed E-state index contributed by atoms with van der Waals surface area (Å²) < 4.78 is 23.1. The van der Waals surface area contributed by atoms with Crippen molar-refractivity contribution in [3.63, 3.8) is 0 Å². The Morgan fingerprint density at radius 1 is 1.29 bits per heavy atom. The van der Waals surface area contributed by atoms with Crippen LogP contribution in [-0.2, 0) is 14.6 Å². The van der Waals surface area contributed by atoms with Gasteiger partial charge in [0.25, 0.3) is 0 Å². The van der Waals surface area contributed by atoms with Gasteiger partial charge >= 0.3 is 12.0 Å². The number of urea groups is 1. The molecule has 1 saturated heterocycles. The Morgan fingerprint density at radius 2 is 1.86 bits per heavy atom. The molecule has 0 aromatic rings. The molecule has 0 bridgehead atoms. The lowest BCUT2D eigenvalue weighted by Crippen LogP contribution is -2.51. The molecule has 0 saturated carbocycles. The molecule has 1 rings (SSSR count). The Hall–Kier alpha value is -1.31. The number of carbonyl (C=O) groups is 2. The van der Waals surface area contributed by atoms with Crippen molar-refractivity contribution in [2.24, 2.45) is 5.41 Å². The molecule has 0 aliphatic carbocycles. The third-order valence-electron chi connectivity index (χ3n) is 3.24. The van der Waals surface area contributed by atoms with Crippen LogP contribution in [0.4, 0.5) is 4.79 Å². The maximum Gasteiger partial charge on any atom is 0.323 e. The number of hydrogen-bond acceptors (Lipinski definition) is 4. The molecule has 7 nitrogen and oxygen atoms in total. The van der Waals surface area contributed by atoms with Gasteiger partial charge in [0.1, 0.15) is 6.54 Å². The molecular formula is C13H24N2O5S. The molecular weight excluding hydrogens is 296 g/mol. The molecule has 21 heavy (non-hydrogen) atoms. The standard InChI is InChI=1S/C13H24N2O5S/c1-13(2,3)9-14(4)12(18)15(7-11(16)17)10-5-6-21(19,20)8-10/h10H,5-9H2,1-4H3,(H,16,17). The second kappa shape index (κ2) is 6.21. The third kappa shape index (κ3) is 5.53. The molecule has 1 fully saturated rings. The van der Waals surface area contributed by atoms with Crippen molar-refractivity contribution in [2.45, 2.75) is 33.2 Å². The van der Waals surface area contributed by atoms with Crippen LogP contribution < -0.4 is 0 Å². The zero-order valence-electron chi connectivity index (χ0n) is 13.0. The highest BCUT2D eigenvalue weighted by Gasteiger charge is 2.37. The summed E-state index contributed by atoms with van der Waals surface area (Å²) in [7, 11) is -1.57. The lowest BCUT2D eigenvalue weighted by Gasteiger charge is -2.34. The first kappa shape index (κ1) is 17.7. The van der Waals surface area contributed by atoms with E-state index in [9.17, 15) is 18.0 Å². The Kier molecular flexibility index (Phi) is 5.25. The number of hydrogen-bond donors (Lipinski definition) is 1. The fourth-order valence-electron chi connectivity index (χ4n) is 2.52. The van der Waals surface area contributed by atoms with Crippen LogP contribution in [0.25, 0.3) is 0 Å². The largest absolute Gasteiger partial charge is 0.480 e. The maximum absolute atomic E-state index is 12.4. The van der Waals surface area contributed by atoms with Gasteiger partial charge in [0.2, 0.25) is 0 Å². The van der Waals surface area contributed by atoms with Crippen LogP contribution in [0.3, 0.4) is 0 Å². The number of carboxylic acid groups (broad SMARTS) is 1. The van der Waals surface area contributed by atoms with Gasteiger partial charge in [0.15, 0.2) is 9.84 Å². The molecule has 0 radical (unpaired) electrons. The van der Waals surface area contributed by atoms with Gasteiger partial charge in [0.05, 0.1) is 11.5 Å². The lowest BCUT2D eigenvalue weighted by atomic mass is 9.96. The monoisotopic (exact) mass is 320 g/mol. The van der Waals surface area contributed by atoms with Gasteiger partial charge in [-0.25, -0.2) is 13.2 Å². The number of amides is 2. The number of carbonyl (C=O) groups excluding carboxylic acids is 1. The van der Waals surface area contributed by atoms with Crippen molar-refractivity contribution in [1.29, 1.82) is 0 Å². The smallest absolute Gasteiger partial charge is 0.323 e. The van der Waals surface area contributed by atoms with Crippen molar-refractivity contribution in [3.05, 3.63) is 0 Å². The molecule has 1 unspecified atom stereocenters. The summed E-state index contributed by atoms with van der Waals surface area (Å²) in [4.78, 5) is 26.0. The van der Waals surface area contributed by atoms with Crippen molar-refractivity contribution in [3.8, 4) is 0 Å². The van der Waals surface area contributed by atoms with E-state index in [4.69, 9.17) is 5.11 Å². The van der Waals surface area contributed by atoms with Crippen molar-refractivity contribution < 1.29 is 23.1 Å². The number of rotatable bonds is 4. The normalized spacial score (nSPS) is 21.0. The summed E-state index contributed by atoms with van der Waals surface area (Å²) in [6.07, 6.45) is 0.296. The predicted molar refractivity (Wildman–Crippen MR) is 78.9 cm³/mol. The van der Waals surface area contributed by atoms with E-state index in [2.05, 4.69) is 0 Å². The average molecular weight is 320 g/mol. The summed E-state index contributed by atoms with van der Waals surface area (Å²) in [5.41, 5.74) is -0.124. The van der Waals surface area contributed by atoms with Gasteiger partial charge in [-0.3, -0.25) is 4.79 Å². The molecule has 1 aliphatic rings. The number of aliphatic carboxylic acids is 1. The molecule has 8 heteroatoms. The minimum atomic E-state index is -3.18. The molecule has 2 amide bonds. The van der Waals surface area contributed by atoms with Gasteiger partial charge in [-0.15, -0.1) is 0 Å². The second-order valence-corrected chi connectivity index (χ2v) is 9.01. The van der Waals surface area contributed by atoms with E-state index >= 15 is 0 Å². The summed E-state index contributed by atoms with van der Waals surface area (Å²) in [5, 5.41) is 8.98. The van der Waals surface area contributed by atoms with Gasteiger partial charge in [0, 0.05) is 19.6 Å². The molecule has 1 aliphatic heterocycles. The number of nitrogens with zero attached hydrogens (tertiary/aromatic N) is 2. The van der Waals surface area contributed by atoms with E-state index in [1.54, 1.807) is 7.05 Å². The zero-order valence-corrected chi connectivity index (χ0v) is 13.8. The first-order valence-corrected chi connectivity index (χ1v) is 8.67. The van der Waals surface area contributed by atoms with E-state index < -0.39 is 34.4 Å². The molecule has 0 spiro atoms. The van der Waals surface area contributed by atoms with Crippen LogP contribution in [0.2, 0.25) is 0 Å². The molecule has 1 N–H and O–H groups in total. The molecule has 1 atom stereocenters. The Bertz CT molecular complexity index is 509. The summed E-state index contributed by atoms with van der Waals surface area (Å²) >= 11 is 0. The highest BCUT2D eigenvalue weighted by molar-refractivity contribution is 7.91. The van der Waals surface area contributed by atoms with E-state index in [0.29, 0.717) is 13.0 Å². The summed E-state index contributed by atoms with van der Waals surface area (Å²) in [6, 6.07) is -0.990. The Morgan fingerprint density at radius 3 is 2.24 bits per heavy atom. The summed E-state index contributed by atoms with van der Waals surface area (Å²) in [6.45, 7) is 5.89. The van der Waals surface area contributed by atoms with E-state index in [1.165, 1.54) is 9.80 Å². The van der Waals surface area contributed by atoms with Crippen LogP contribution >= 0.6 is 0 Å². The minimum Gasteiger partial charge on any atom is -0.480 e. The first-order valence-electron chi connectivity index (χ1n) is 6.85. The van der Waals surface area contributed by atoms with Gasteiger partial charge in [-0.05, 0) is 11.8 Å². The van der Waals surface area contributed by atoms with Gasteiger partial charge in [-0.2, -0.15) is 0 Å². The predicted octanol–water partition coefficient (Wildman–Crippen LogP) is 0.658. The quantitative estimate of drug-likeness (QED) is 0.821. The van der Waals surface area contributed by atoms with E-state index in [-0.39, 0.29) is 16.9 Å². The van der Waals surface area contributed by atoms with E-state index in [1.807, 2.05) is 20.8 Å². The molecule has 0 aromatic carbocycles. The van der Waals surface area contributed by atoms with Crippen molar-refractivity contribution in [2.75, 3.05) is 31.6 Å². The summed E-state index contributed by atoms with van der Waals surface area (Å²) in [5.74, 6) is -1.30. The second-order valence-electron chi connectivity index (χ2n) is 6.78. The van der Waals surface area contributed by atoms with Crippen LogP contribution in [-0.4, -0.2) is 73.0 Å². The molecule has 122 valence electrons. The SMILES string of the molecule is CN(CC(C)(C)C)C(=O)N(CC(=O)O)C1CCS(=O)(=O)C1. The van der Waals surface area contributed by atoms with Crippen LogP contribution in [0.1, 0.15) is 27.2 Å². The number of sulfone groups is 1. The minimum absolute atomic E-state index is 0.00402. The zero-order chi connectivity index (χ0) is 16.4. The van der Waals surface area contributed by atoms with Gasteiger partial charge < -0.3 is 14.9 Å². The Labute approximate surface area is 125 Å². The highest BCUT2D eigenvalue weighted by Crippen LogP contribution is 2.21. The van der Waals surface area contributed by atoms with Crippen molar-refractivity contribution >= 4 is 21.8 Å². The Balaban J connectivity index is 2.87. The third-order valence-corrected chi connectivity index (χ3v) is 4.99. The molecule has 0 aromatic heterocycles. The highest BCUT2D eigenvalue weighted by atomic mass is 32.2. The first-order chi connectivity index (χ1) is 9.41. The van der Waals surface area contributed by atoms with Crippen molar-refractivity contribution in [1.82, 2.24) is 9.80 Å². The van der Waals surface area contributed by atoms with E-state index in [0.717, 1.165) is 0 Å².